The summed E-state index contributed by atoms with van der Waals surface area (Å²) in [5.41, 5.74) is 1.63. The highest BCUT2D eigenvalue weighted by Gasteiger charge is 2.11. The molecule has 0 unspecified atom stereocenters. The molecule has 0 spiro atoms. The monoisotopic (exact) mass is 221 g/mol. The van der Waals surface area contributed by atoms with Crippen molar-refractivity contribution in [3.63, 3.8) is 0 Å². The van der Waals surface area contributed by atoms with Gasteiger partial charge in [0.25, 0.3) is 0 Å². The van der Waals surface area contributed by atoms with Gasteiger partial charge in [-0.1, -0.05) is 6.08 Å². The van der Waals surface area contributed by atoms with Crippen LogP contribution in [0.3, 0.4) is 0 Å². The third-order valence-corrected chi connectivity index (χ3v) is 2.22. The predicted molar refractivity (Wildman–Crippen MR) is 59.2 cm³/mol. The lowest BCUT2D eigenvalue weighted by atomic mass is 10.2. The molecule has 0 aliphatic carbocycles. The molecule has 0 amide bonds. The summed E-state index contributed by atoms with van der Waals surface area (Å²) in [6, 6.07) is 0. The van der Waals surface area contributed by atoms with E-state index in [-0.39, 0.29) is 6.73 Å². The third-order valence-electron chi connectivity index (χ3n) is 2.22. The van der Waals surface area contributed by atoms with Gasteiger partial charge in [0, 0.05) is 7.11 Å². The molecule has 0 N–H and O–H groups in total. The SMILES string of the molecule is C/C=C/c1ncc(F)c2c1ncn2COC. The Bertz CT molecular complexity index is 533. The van der Waals surface area contributed by atoms with Crippen LogP contribution in [-0.4, -0.2) is 21.6 Å². The molecule has 0 atom stereocenters. The van der Waals surface area contributed by atoms with Crippen LogP contribution in [0.4, 0.5) is 4.39 Å². The van der Waals surface area contributed by atoms with Gasteiger partial charge in [-0.15, -0.1) is 0 Å². The van der Waals surface area contributed by atoms with Crippen molar-refractivity contribution >= 4 is 17.1 Å². The minimum atomic E-state index is -0.391. The molecule has 0 aliphatic heterocycles. The summed E-state index contributed by atoms with van der Waals surface area (Å²) in [6.45, 7) is 2.15. The fourth-order valence-electron chi connectivity index (χ4n) is 1.59. The van der Waals surface area contributed by atoms with Crippen LogP contribution in [0.5, 0.6) is 0 Å². The van der Waals surface area contributed by atoms with Gasteiger partial charge in [0.15, 0.2) is 5.82 Å². The number of fused-ring (bicyclic) bond motifs is 1. The zero-order valence-electron chi connectivity index (χ0n) is 9.14. The summed E-state index contributed by atoms with van der Waals surface area (Å²) >= 11 is 0. The molecule has 16 heavy (non-hydrogen) atoms. The van der Waals surface area contributed by atoms with E-state index in [1.807, 2.05) is 13.0 Å². The van der Waals surface area contributed by atoms with Crippen LogP contribution in [0.1, 0.15) is 12.6 Å². The van der Waals surface area contributed by atoms with E-state index in [0.29, 0.717) is 16.7 Å². The van der Waals surface area contributed by atoms with E-state index in [0.717, 1.165) is 0 Å². The number of aromatic nitrogens is 3. The number of methoxy groups -OCH3 is 1. The largest absolute Gasteiger partial charge is 0.364 e. The second-order valence-electron chi connectivity index (χ2n) is 3.32. The highest BCUT2D eigenvalue weighted by atomic mass is 19.1. The predicted octanol–water partition coefficient (Wildman–Crippen LogP) is 2.21. The molecule has 0 saturated heterocycles. The number of ether oxygens (including phenoxy) is 1. The topological polar surface area (TPSA) is 39.9 Å². The van der Waals surface area contributed by atoms with Gasteiger partial charge < -0.3 is 9.30 Å². The first-order chi connectivity index (χ1) is 7.77. The van der Waals surface area contributed by atoms with Crippen molar-refractivity contribution in [1.29, 1.82) is 0 Å². The number of nitrogens with zero attached hydrogens (tertiary/aromatic N) is 3. The van der Waals surface area contributed by atoms with Crippen molar-refractivity contribution in [1.82, 2.24) is 14.5 Å². The molecular formula is C11H12FN3O. The van der Waals surface area contributed by atoms with Crippen LogP contribution >= 0.6 is 0 Å². The lowest BCUT2D eigenvalue weighted by Crippen LogP contribution is -2.00. The van der Waals surface area contributed by atoms with Gasteiger partial charge >= 0.3 is 0 Å². The molecule has 5 heteroatoms. The highest BCUT2D eigenvalue weighted by Crippen LogP contribution is 2.19. The van der Waals surface area contributed by atoms with Gasteiger partial charge in [0.2, 0.25) is 0 Å². The van der Waals surface area contributed by atoms with Crippen LogP contribution in [-0.2, 0) is 11.5 Å². The number of imidazole rings is 1. The standard InChI is InChI=1S/C11H12FN3O/c1-3-4-9-10-11(8(12)5-13-9)15(6-14-10)7-16-2/h3-6H,7H2,1-2H3/b4-3+. The molecule has 0 bridgehead atoms. The van der Waals surface area contributed by atoms with Gasteiger partial charge in [-0.05, 0) is 13.0 Å². The van der Waals surface area contributed by atoms with Gasteiger partial charge in [-0.25, -0.2) is 9.37 Å². The summed E-state index contributed by atoms with van der Waals surface area (Å²) in [5, 5.41) is 0. The molecule has 2 heterocycles. The average Bonchev–Trinajstić information content (AvgIpc) is 2.68. The molecule has 0 radical (unpaired) electrons. The average molecular weight is 221 g/mol. The highest BCUT2D eigenvalue weighted by molar-refractivity contribution is 5.83. The Morgan fingerprint density at radius 1 is 1.50 bits per heavy atom. The van der Waals surface area contributed by atoms with E-state index in [1.165, 1.54) is 6.20 Å². The second kappa shape index (κ2) is 4.40. The van der Waals surface area contributed by atoms with Crippen LogP contribution in [0, 0.1) is 5.82 Å². The number of hydrogen-bond donors (Lipinski definition) is 0. The maximum atomic E-state index is 13.6. The summed E-state index contributed by atoms with van der Waals surface area (Å²) in [7, 11) is 1.55. The fraction of sp³-hybridized carbons (Fsp3) is 0.273. The first-order valence-electron chi connectivity index (χ1n) is 4.89. The van der Waals surface area contributed by atoms with Crippen LogP contribution in [0.2, 0.25) is 0 Å². The van der Waals surface area contributed by atoms with Crippen molar-refractivity contribution in [2.45, 2.75) is 13.7 Å². The molecule has 2 rings (SSSR count). The van der Waals surface area contributed by atoms with Crippen molar-refractivity contribution in [2.24, 2.45) is 0 Å². The first kappa shape index (κ1) is 10.8. The van der Waals surface area contributed by atoms with Gasteiger partial charge in [0.05, 0.1) is 18.2 Å². The zero-order chi connectivity index (χ0) is 11.5. The van der Waals surface area contributed by atoms with Crippen LogP contribution < -0.4 is 0 Å². The Morgan fingerprint density at radius 3 is 3.00 bits per heavy atom. The molecular weight excluding hydrogens is 209 g/mol. The molecule has 2 aromatic heterocycles. The normalized spacial score (nSPS) is 11.7. The maximum Gasteiger partial charge on any atom is 0.167 e. The number of rotatable bonds is 3. The van der Waals surface area contributed by atoms with E-state index in [4.69, 9.17) is 4.74 Å². The molecule has 2 aromatic rings. The van der Waals surface area contributed by atoms with Gasteiger partial charge in [-0.3, -0.25) is 4.98 Å². The van der Waals surface area contributed by atoms with E-state index in [9.17, 15) is 4.39 Å². The minimum Gasteiger partial charge on any atom is -0.364 e. The van der Waals surface area contributed by atoms with E-state index < -0.39 is 5.82 Å². The number of pyridine rings is 1. The van der Waals surface area contributed by atoms with E-state index >= 15 is 0 Å². The summed E-state index contributed by atoms with van der Waals surface area (Å²) < 4.78 is 20.2. The van der Waals surface area contributed by atoms with Crippen LogP contribution in [0.15, 0.2) is 18.6 Å². The van der Waals surface area contributed by atoms with Crippen LogP contribution in [0.25, 0.3) is 17.1 Å². The first-order valence-corrected chi connectivity index (χ1v) is 4.89. The Hall–Kier alpha value is -1.75. The number of halogens is 1. The Kier molecular flexibility index (Phi) is 2.96. The number of allylic oxidation sites excluding steroid dienone is 1. The van der Waals surface area contributed by atoms with Gasteiger partial charge in [0.1, 0.15) is 17.8 Å². The quantitative estimate of drug-likeness (QED) is 0.797. The molecule has 0 aliphatic rings. The lowest BCUT2D eigenvalue weighted by Gasteiger charge is -2.03. The Labute approximate surface area is 92.4 Å². The van der Waals surface area contributed by atoms with Crippen molar-refractivity contribution in [3.8, 4) is 0 Å². The second-order valence-corrected chi connectivity index (χ2v) is 3.32. The minimum absolute atomic E-state index is 0.271. The molecule has 4 nitrogen and oxygen atoms in total. The summed E-state index contributed by atoms with van der Waals surface area (Å²) in [5.74, 6) is -0.391. The molecule has 0 fully saturated rings. The summed E-state index contributed by atoms with van der Waals surface area (Å²) in [6.07, 6.45) is 6.39. The van der Waals surface area contributed by atoms with Crippen molar-refractivity contribution in [2.75, 3.05) is 7.11 Å². The van der Waals surface area contributed by atoms with Crippen molar-refractivity contribution in [3.05, 3.63) is 30.1 Å². The van der Waals surface area contributed by atoms with E-state index in [1.54, 1.807) is 24.1 Å². The molecule has 84 valence electrons. The van der Waals surface area contributed by atoms with Gasteiger partial charge in [-0.2, -0.15) is 0 Å². The lowest BCUT2D eigenvalue weighted by molar-refractivity contribution is 0.134. The molecule has 0 saturated carbocycles. The smallest absolute Gasteiger partial charge is 0.167 e. The summed E-state index contributed by atoms with van der Waals surface area (Å²) in [4.78, 5) is 8.14. The molecule has 0 aromatic carbocycles. The third kappa shape index (κ3) is 1.69. The van der Waals surface area contributed by atoms with E-state index in [2.05, 4.69) is 9.97 Å². The Balaban J connectivity index is 2.67. The van der Waals surface area contributed by atoms with Crippen molar-refractivity contribution < 1.29 is 9.13 Å². The maximum absolute atomic E-state index is 13.6. The Morgan fingerprint density at radius 2 is 2.31 bits per heavy atom. The number of hydrogen-bond acceptors (Lipinski definition) is 3. The fourth-order valence-corrected chi connectivity index (χ4v) is 1.59. The zero-order valence-corrected chi connectivity index (χ0v) is 9.14.